The molecule has 188 valence electrons. The lowest BCUT2D eigenvalue weighted by Gasteiger charge is -2.27. The first-order chi connectivity index (χ1) is 16.6. The molecule has 35 heavy (non-hydrogen) atoms. The summed E-state index contributed by atoms with van der Waals surface area (Å²) in [5.74, 6) is 0.141. The lowest BCUT2D eigenvalue weighted by Crippen LogP contribution is -2.33. The van der Waals surface area contributed by atoms with Gasteiger partial charge in [-0.25, -0.2) is 13.9 Å². The lowest BCUT2D eigenvalue weighted by atomic mass is 9.95. The molecule has 0 bridgehead atoms. The third-order valence-electron chi connectivity index (χ3n) is 5.56. The molecule has 1 aromatic carbocycles. The number of halogens is 4. The zero-order valence-electron chi connectivity index (χ0n) is 19.9. The fraction of sp³-hybridized carbons (Fsp3) is 0.400. The number of aryl methyl sites for hydroxylation is 1. The van der Waals surface area contributed by atoms with E-state index in [9.17, 15) is 22.4 Å². The zero-order chi connectivity index (χ0) is 25.6. The van der Waals surface area contributed by atoms with E-state index in [1.165, 1.54) is 37.2 Å². The van der Waals surface area contributed by atoms with Gasteiger partial charge in [0.1, 0.15) is 10.7 Å². The van der Waals surface area contributed by atoms with Crippen LogP contribution < -0.4 is 10.6 Å². The summed E-state index contributed by atoms with van der Waals surface area (Å²) >= 11 is 0.582. The van der Waals surface area contributed by atoms with Crippen molar-refractivity contribution in [2.24, 2.45) is 0 Å². The van der Waals surface area contributed by atoms with Crippen LogP contribution in [0.2, 0.25) is 0 Å². The molecule has 3 heterocycles. The van der Waals surface area contributed by atoms with E-state index in [0.717, 1.165) is 27.4 Å². The van der Waals surface area contributed by atoms with Gasteiger partial charge in [0, 0.05) is 18.0 Å². The lowest BCUT2D eigenvalue weighted by molar-refractivity contribution is -0.134. The second-order valence-corrected chi connectivity index (χ2v) is 9.37. The van der Waals surface area contributed by atoms with Gasteiger partial charge in [-0.3, -0.25) is 0 Å². The van der Waals surface area contributed by atoms with Crippen molar-refractivity contribution in [3.8, 4) is 0 Å². The van der Waals surface area contributed by atoms with Gasteiger partial charge in [0.2, 0.25) is 0 Å². The van der Waals surface area contributed by atoms with Crippen molar-refractivity contribution in [2.45, 2.75) is 52.8 Å². The summed E-state index contributed by atoms with van der Waals surface area (Å²) in [5.41, 5.74) is 2.35. The van der Waals surface area contributed by atoms with Gasteiger partial charge in [-0.15, -0.1) is 11.3 Å². The number of nitrogens with zero attached hydrogens (tertiary/aromatic N) is 4. The SMILES string of the molecule is CCCC.Cc1cc(F)ccc1C1=CCN(c2cnn(Cc3ccc(C(F)(F)F)s3)c(=O)n2)CC1. The third kappa shape index (κ3) is 7.00. The number of benzene rings is 1. The highest BCUT2D eigenvalue weighted by Gasteiger charge is 2.32. The summed E-state index contributed by atoms with van der Waals surface area (Å²) in [5, 5.41) is 4.08. The Morgan fingerprint density at radius 3 is 2.40 bits per heavy atom. The molecule has 0 atom stereocenters. The van der Waals surface area contributed by atoms with E-state index in [1.54, 1.807) is 6.07 Å². The fourth-order valence-corrected chi connectivity index (χ4v) is 4.35. The van der Waals surface area contributed by atoms with Crippen molar-refractivity contribution in [3.63, 3.8) is 0 Å². The first kappa shape index (κ1) is 26.6. The Morgan fingerprint density at radius 1 is 1.11 bits per heavy atom. The Labute approximate surface area is 205 Å². The highest BCUT2D eigenvalue weighted by Crippen LogP contribution is 2.34. The summed E-state index contributed by atoms with van der Waals surface area (Å²) in [6.45, 7) is 7.29. The number of hydrogen-bond acceptors (Lipinski definition) is 5. The summed E-state index contributed by atoms with van der Waals surface area (Å²) in [6, 6.07) is 7.03. The van der Waals surface area contributed by atoms with Crippen LogP contribution in [-0.2, 0) is 12.7 Å². The Morgan fingerprint density at radius 2 is 1.86 bits per heavy atom. The minimum Gasteiger partial charge on any atom is -0.351 e. The minimum absolute atomic E-state index is 0.0687. The van der Waals surface area contributed by atoms with Crippen LogP contribution >= 0.6 is 11.3 Å². The zero-order valence-corrected chi connectivity index (χ0v) is 20.7. The average molecular weight is 509 g/mol. The maximum absolute atomic E-state index is 13.3. The fourth-order valence-electron chi connectivity index (χ4n) is 3.49. The number of thiophene rings is 1. The van der Waals surface area contributed by atoms with Gasteiger partial charge in [0.15, 0.2) is 5.82 Å². The molecule has 4 rings (SSSR count). The summed E-state index contributed by atoms with van der Waals surface area (Å²) in [7, 11) is 0. The molecule has 0 spiro atoms. The molecule has 0 fully saturated rings. The van der Waals surface area contributed by atoms with Crippen LogP contribution in [0.25, 0.3) is 5.57 Å². The van der Waals surface area contributed by atoms with Gasteiger partial charge in [0.05, 0.1) is 12.7 Å². The van der Waals surface area contributed by atoms with Crippen molar-refractivity contribution in [1.82, 2.24) is 14.8 Å². The molecule has 0 saturated carbocycles. The summed E-state index contributed by atoms with van der Waals surface area (Å²) < 4.78 is 52.6. The van der Waals surface area contributed by atoms with E-state index in [4.69, 9.17) is 0 Å². The molecule has 0 amide bonds. The Kier molecular flexibility index (Phi) is 8.82. The number of alkyl halides is 3. The first-order valence-electron chi connectivity index (χ1n) is 11.4. The van der Waals surface area contributed by atoms with Gasteiger partial charge in [-0.2, -0.15) is 23.3 Å². The summed E-state index contributed by atoms with van der Waals surface area (Å²) in [4.78, 5) is 18.0. The van der Waals surface area contributed by atoms with Crippen molar-refractivity contribution < 1.29 is 17.6 Å². The van der Waals surface area contributed by atoms with Crippen LogP contribution in [0.3, 0.4) is 0 Å². The van der Waals surface area contributed by atoms with Crippen molar-refractivity contribution in [1.29, 1.82) is 0 Å². The highest BCUT2D eigenvalue weighted by molar-refractivity contribution is 7.12. The largest absolute Gasteiger partial charge is 0.425 e. The molecule has 10 heteroatoms. The number of aromatic nitrogens is 3. The summed E-state index contributed by atoms with van der Waals surface area (Å²) in [6.07, 6.45) is 2.39. The molecule has 5 nitrogen and oxygen atoms in total. The van der Waals surface area contributed by atoms with Crippen LogP contribution in [0.4, 0.5) is 23.4 Å². The minimum atomic E-state index is -4.41. The van der Waals surface area contributed by atoms with Gasteiger partial charge >= 0.3 is 11.9 Å². The Hall–Kier alpha value is -3.01. The van der Waals surface area contributed by atoms with E-state index >= 15 is 0 Å². The predicted molar refractivity (Wildman–Crippen MR) is 131 cm³/mol. The molecule has 0 unspecified atom stereocenters. The van der Waals surface area contributed by atoms with E-state index < -0.39 is 16.7 Å². The quantitative estimate of drug-likeness (QED) is 0.379. The molecule has 1 aliphatic heterocycles. The van der Waals surface area contributed by atoms with Gasteiger partial charge in [-0.05, 0) is 54.3 Å². The molecule has 2 aromatic heterocycles. The van der Waals surface area contributed by atoms with Crippen molar-refractivity contribution in [2.75, 3.05) is 18.0 Å². The molecule has 0 radical (unpaired) electrons. The van der Waals surface area contributed by atoms with E-state index in [2.05, 4.69) is 23.9 Å². The normalized spacial score (nSPS) is 13.8. The van der Waals surface area contributed by atoms with Crippen LogP contribution in [0.5, 0.6) is 0 Å². The molecular weight excluding hydrogens is 480 g/mol. The molecular formula is C25H28F4N4OS. The van der Waals surface area contributed by atoms with E-state index in [-0.39, 0.29) is 12.4 Å². The molecule has 1 aliphatic rings. The molecule has 0 saturated heterocycles. The predicted octanol–water partition coefficient (Wildman–Crippen LogP) is 6.31. The maximum Gasteiger partial charge on any atom is 0.425 e. The molecule has 3 aromatic rings. The van der Waals surface area contributed by atoms with E-state index in [0.29, 0.717) is 41.5 Å². The number of hydrogen-bond donors (Lipinski definition) is 0. The van der Waals surface area contributed by atoms with Crippen LogP contribution in [-0.4, -0.2) is 27.9 Å². The van der Waals surface area contributed by atoms with Gasteiger partial charge in [0.25, 0.3) is 0 Å². The molecule has 0 aliphatic carbocycles. The first-order valence-corrected chi connectivity index (χ1v) is 12.2. The van der Waals surface area contributed by atoms with Crippen LogP contribution in [0, 0.1) is 12.7 Å². The van der Waals surface area contributed by atoms with Crippen molar-refractivity contribution >= 4 is 22.7 Å². The maximum atomic E-state index is 13.3. The van der Waals surface area contributed by atoms with E-state index in [1.807, 2.05) is 17.9 Å². The van der Waals surface area contributed by atoms with Crippen LogP contribution in [0.1, 0.15) is 54.0 Å². The van der Waals surface area contributed by atoms with Crippen molar-refractivity contribution in [3.05, 3.63) is 79.8 Å². The number of unbranched alkanes of at least 4 members (excludes halogenated alkanes) is 1. The van der Waals surface area contributed by atoms with Gasteiger partial charge < -0.3 is 4.90 Å². The average Bonchev–Trinajstić information content (AvgIpc) is 3.30. The van der Waals surface area contributed by atoms with Gasteiger partial charge in [-0.1, -0.05) is 38.8 Å². The second kappa shape index (κ2) is 11.6. The second-order valence-electron chi connectivity index (χ2n) is 8.20. The molecule has 0 N–H and O–H groups in total. The standard InChI is InChI=1S/C21H18F4N4OS.C4H10/c1-13-10-15(22)2-4-17(13)14-6-8-28(9-7-14)19-11-26-29(20(30)27-19)12-16-3-5-18(31-16)21(23,24)25;1-3-4-2/h2-6,10-11H,7-9,12H2,1H3;3-4H2,1-2H3. The highest BCUT2D eigenvalue weighted by atomic mass is 32.1. The number of anilines is 1. The third-order valence-corrected chi connectivity index (χ3v) is 6.67. The Balaban J connectivity index is 0.000000795. The van der Waals surface area contributed by atoms with Crippen LogP contribution in [0.15, 0.2) is 47.4 Å². The monoisotopic (exact) mass is 508 g/mol. The topological polar surface area (TPSA) is 51.0 Å². The smallest absolute Gasteiger partial charge is 0.351 e. The number of rotatable bonds is 5. The Bertz CT molecular complexity index is 1230.